The van der Waals surface area contributed by atoms with Gasteiger partial charge in [0.25, 0.3) is 0 Å². The number of hydrogen-bond acceptors (Lipinski definition) is 2. The van der Waals surface area contributed by atoms with Crippen LogP contribution in [0.2, 0.25) is 0 Å². The van der Waals surface area contributed by atoms with Gasteiger partial charge in [0.05, 0.1) is 0 Å². The van der Waals surface area contributed by atoms with E-state index >= 15 is 0 Å². The van der Waals surface area contributed by atoms with E-state index in [0.717, 1.165) is 32.8 Å². The van der Waals surface area contributed by atoms with E-state index in [0.29, 0.717) is 5.89 Å². The summed E-state index contributed by atoms with van der Waals surface area (Å²) in [6, 6.07) is 67.7. The van der Waals surface area contributed by atoms with Crippen LogP contribution in [0.5, 0.6) is 0 Å². The lowest BCUT2D eigenvalue weighted by Crippen LogP contribution is -1.92. The summed E-state index contributed by atoms with van der Waals surface area (Å²) in [4.78, 5) is 4.88. The lowest BCUT2D eigenvalue weighted by atomic mass is 9.84. The van der Waals surface area contributed by atoms with E-state index in [2.05, 4.69) is 158 Å². The number of oxazole rings is 1. The van der Waals surface area contributed by atoms with E-state index in [-0.39, 0.29) is 0 Å². The minimum Gasteiger partial charge on any atom is -0.435 e. The molecule has 1 aromatic heterocycles. The second-order valence-electron chi connectivity index (χ2n) is 13.8. The van der Waals surface area contributed by atoms with Gasteiger partial charge < -0.3 is 4.42 Å². The Morgan fingerprint density at radius 3 is 1.68 bits per heavy atom. The number of fused-ring (bicyclic) bond motifs is 8. The van der Waals surface area contributed by atoms with Crippen LogP contribution in [0.3, 0.4) is 0 Å². The van der Waals surface area contributed by atoms with Gasteiger partial charge in [-0.25, -0.2) is 4.98 Å². The molecule has 11 rings (SSSR count). The molecule has 2 nitrogen and oxygen atoms in total. The smallest absolute Gasteiger partial charge is 0.227 e. The first-order chi connectivity index (χ1) is 26.3. The van der Waals surface area contributed by atoms with Crippen LogP contribution in [0.1, 0.15) is 0 Å². The molecule has 0 saturated carbocycles. The number of nitrogens with zero attached hydrogens (tertiary/aromatic N) is 1. The maximum Gasteiger partial charge on any atom is 0.227 e. The predicted octanol–water partition coefficient (Wildman–Crippen LogP) is 14.3. The monoisotopic (exact) mass is 673 g/mol. The summed E-state index contributed by atoms with van der Waals surface area (Å²) in [5.41, 5.74) is 10.1. The summed E-state index contributed by atoms with van der Waals surface area (Å²) in [6.07, 6.45) is 0. The van der Waals surface area contributed by atoms with Crippen molar-refractivity contribution in [3.8, 4) is 44.8 Å². The van der Waals surface area contributed by atoms with Gasteiger partial charge in [-0.3, -0.25) is 0 Å². The van der Waals surface area contributed by atoms with Crippen LogP contribution in [-0.4, -0.2) is 4.98 Å². The van der Waals surface area contributed by atoms with Crippen LogP contribution < -0.4 is 0 Å². The van der Waals surface area contributed by atoms with Gasteiger partial charge >= 0.3 is 0 Å². The minimum atomic E-state index is 0.641. The van der Waals surface area contributed by atoms with Gasteiger partial charge in [-0.15, -0.1) is 0 Å². The van der Waals surface area contributed by atoms with Crippen LogP contribution >= 0.6 is 0 Å². The third-order valence-electron chi connectivity index (χ3n) is 10.9. The minimum absolute atomic E-state index is 0.641. The predicted molar refractivity (Wildman–Crippen MR) is 223 cm³/mol. The molecule has 11 aromatic rings. The van der Waals surface area contributed by atoms with E-state index in [1.54, 1.807) is 0 Å². The standard InChI is InChI=1S/C51H31NO/c1-3-12-32(13-4-1)36-24-22-33-16-11-21-44(45(33)31-36)49-42-19-9-7-17-40(42)47(41-18-8-10-20-43(41)49)38-26-28-39-37(30-38)25-23-34-27-29-46-50(48(34)39)53-51(52-46)35-14-5-2-6-15-35/h1-31H. The largest absolute Gasteiger partial charge is 0.435 e. The van der Waals surface area contributed by atoms with Crippen molar-refractivity contribution in [2.24, 2.45) is 0 Å². The fraction of sp³-hybridized carbons (Fsp3) is 0. The van der Waals surface area contributed by atoms with Crippen LogP contribution in [-0.2, 0) is 0 Å². The van der Waals surface area contributed by atoms with Gasteiger partial charge in [0, 0.05) is 10.9 Å². The van der Waals surface area contributed by atoms with Crippen molar-refractivity contribution in [3.63, 3.8) is 0 Å². The lowest BCUT2D eigenvalue weighted by Gasteiger charge is -2.19. The summed E-state index contributed by atoms with van der Waals surface area (Å²) in [6.45, 7) is 0. The first-order valence-corrected chi connectivity index (χ1v) is 18.1. The van der Waals surface area contributed by atoms with Gasteiger partial charge in [0.1, 0.15) is 5.52 Å². The van der Waals surface area contributed by atoms with Crippen molar-refractivity contribution >= 4 is 65.0 Å². The summed E-state index contributed by atoms with van der Waals surface area (Å²) < 4.78 is 6.51. The molecule has 10 aromatic carbocycles. The van der Waals surface area contributed by atoms with Gasteiger partial charge in [0.15, 0.2) is 5.58 Å². The van der Waals surface area contributed by atoms with Crippen molar-refractivity contribution in [1.29, 1.82) is 0 Å². The maximum atomic E-state index is 6.51. The quantitative estimate of drug-likeness (QED) is 0.137. The van der Waals surface area contributed by atoms with E-state index in [4.69, 9.17) is 9.40 Å². The molecule has 1 heterocycles. The first-order valence-electron chi connectivity index (χ1n) is 18.1. The zero-order valence-electron chi connectivity index (χ0n) is 28.8. The Bertz CT molecular complexity index is 3160. The normalized spacial score (nSPS) is 11.8. The Morgan fingerprint density at radius 1 is 0.340 bits per heavy atom. The molecule has 0 radical (unpaired) electrons. The average Bonchev–Trinajstić information content (AvgIpc) is 3.68. The second kappa shape index (κ2) is 11.8. The maximum absolute atomic E-state index is 6.51. The van der Waals surface area contributed by atoms with Crippen molar-refractivity contribution in [3.05, 3.63) is 188 Å². The molecule has 0 aliphatic rings. The van der Waals surface area contributed by atoms with Gasteiger partial charge in [0.2, 0.25) is 5.89 Å². The molecule has 0 amide bonds. The fourth-order valence-corrected chi connectivity index (χ4v) is 8.42. The molecule has 0 aliphatic carbocycles. The van der Waals surface area contributed by atoms with Crippen LogP contribution in [0.25, 0.3) is 110 Å². The molecule has 0 spiro atoms. The van der Waals surface area contributed by atoms with Crippen molar-refractivity contribution in [2.75, 3.05) is 0 Å². The van der Waals surface area contributed by atoms with Gasteiger partial charge in [-0.2, -0.15) is 0 Å². The molecule has 0 unspecified atom stereocenters. The van der Waals surface area contributed by atoms with Gasteiger partial charge in [-0.05, 0) is 112 Å². The highest BCUT2D eigenvalue weighted by molar-refractivity contribution is 6.25. The number of aromatic nitrogens is 1. The Morgan fingerprint density at radius 2 is 0.943 bits per heavy atom. The van der Waals surface area contributed by atoms with E-state index in [9.17, 15) is 0 Å². The first kappa shape index (κ1) is 29.7. The highest BCUT2D eigenvalue weighted by Gasteiger charge is 2.19. The Balaban J connectivity index is 1.15. The topological polar surface area (TPSA) is 26.0 Å². The SMILES string of the molecule is c1ccc(-c2ccc3cccc(-c4c5ccccc5c(-c5ccc6c(ccc7ccc8nc(-c9ccccc9)oc8c76)c5)c5ccccc45)c3c2)cc1. The Labute approximate surface area is 306 Å². The molecule has 0 atom stereocenters. The molecule has 246 valence electrons. The Hall–Kier alpha value is -7.03. The van der Waals surface area contributed by atoms with E-state index in [1.165, 1.54) is 71.1 Å². The number of hydrogen-bond donors (Lipinski definition) is 0. The molecular weight excluding hydrogens is 643 g/mol. The fourth-order valence-electron chi connectivity index (χ4n) is 8.42. The van der Waals surface area contributed by atoms with Crippen molar-refractivity contribution in [1.82, 2.24) is 4.98 Å². The highest BCUT2D eigenvalue weighted by Crippen LogP contribution is 2.46. The number of benzene rings is 10. The molecule has 0 saturated heterocycles. The Kier molecular flexibility index (Phi) is 6.59. The third-order valence-corrected chi connectivity index (χ3v) is 10.9. The highest BCUT2D eigenvalue weighted by atomic mass is 16.3. The van der Waals surface area contributed by atoms with E-state index < -0.39 is 0 Å². The van der Waals surface area contributed by atoms with Crippen molar-refractivity contribution in [2.45, 2.75) is 0 Å². The van der Waals surface area contributed by atoms with Crippen LogP contribution in [0.4, 0.5) is 0 Å². The second-order valence-corrected chi connectivity index (χ2v) is 13.8. The average molecular weight is 674 g/mol. The zero-order chi connectivity index (χ0) is 34.9. The summed E-state index contributed by atoms with van der Waals surface area (Å²) in [5.74, 6) is 0.641. The zero-order valence-corrected chi connectivity index (χ0v) is 28.8. The third kappa shape index (κ3) is 4.70. The molecule has 0 fully saturated rings. The lowest BCUT2D eigenvalue weighted by molar-refractivity contribution is 0.623. The summed E-state index contributed by atoms with van der Waals surface area (Å²) >= 11 is 0. The summed E-state index contributed by atoms with van der Waals surface area (Å²) in [7, 11) is 0. The molecule has 0 aliphatic heterocycles. The van der Waals surface area contributed by atoms with Gasteiger partial charge in [-0.1, -0.05) is 158 Å². The van der Waals surface area contributed by atoms with Crippen LogP contribution in [0.15, 0.2) is 192 Å². The summed E-state index contributed by atoms with van der Waals surface area (Å²) in [5, 5.41) is 12.0. The number of rotatable bonds is 4. The van der Waals surface area contributed by atoms with Crippen molar-refractivity contribution < 1.29 is 4.42 Å². The van der Waals surface area contributed by atoms with Crippen LogP contribution in [0, 0.1) is 0 Å². The van der Waals surface area contributed by atoms with E-state index in [1.807, 2.05) is 30.3 Å². The molecule has 0 bridgehead atoms. The molecule has 53 heavy (non-hydrogen) atoms. The molecule has 0 N–H and O–H groups in total. The molecule has 2 heteroatoms. The molecular formula is C51H31NO.